The van der Waals surface area contributed by atoms with E-state index < -0.39 is 0 Å². The van der Waals surface area contributed by atoms with Crippen molar-refractivity contribution < 1.29 is 4.79 Å². The van der Waals surface area contributed by atoms with Crippen LogP contribution in [0.25, 0.3) is 0 Å². The fraction of sp³-hybridized carbons (Fsp3) is 0.731. The molecule has 3 heteroatoms. The molecule has 0 unspecified atom stereocenters. The quantitative estimate of drug-likeness (QED) is 0.126. The molecule has 0 fully saturated rings. The van der Waals surface area contributed by atoms with E-state index in [1.807, 2.05) is 0 Å². The Morgan fingerprint density at radius 2 is 1.28 bits per heavy atom. The number of ketones is 1. The van der Waals surface area contributed by atoms with Crippen LogP contribution in [0.5, 0.6) is 0 Å². The second kappa shape index (κ2) is 19.8. The molecule has 0 saturated carbocycles. The molecule has 0 aromatic carbocycles. The molecule has 164 valence electrons. The van der Waals surface area contributed by atoms with Crippen LogP contribution in [0.4, 0.5) is 0 Å². The van der Waals surface area contributed by atoms with Gasteiger partial charge in [0.05, 0.1) is 0 Å². The van der Waals surface area contributed by atoms with Crippen LogP contribution >= 0.6 is 0 Å². The standard InChI is InChI=1S/C26H44N2O/c1-2-3-4-5-6-7-8-9-10-11-12-13-14-15-16-17-18-19-20-23-26(29)25-22-21-24-27-28-25/h9-10,21-22,24H,2-8,11-20,23H2,1H3/b10-9-. The lowest BCUT2D eigenvalue weighted by Gasteiger charge is -2.02. The topological polar surface area (TPSA) is 42.9 Å². The SMILES string of the molecule is CCCCCCCC/C=C\CCCCCCCCCCCC(=O)c1cccnn1. The third-order valence-electron chi connectivity index (χ3n) is 5.52. The minimum Gasteiger partial charge on any atom is -0.292 e. The molecule has 0 saturated heterocycles. The number of aromatic nitrogens is 2. The number of carbonyl (C=O) groups excluding carboxylic acids is 1. The summed E-state index contributed by atoms with van der Waals surface area (Å²) in [6.07, 6.45) is 29.3. The normalized spacial score (nSPS) is 11.3. The van der Waals surface area contributed by atoms with Crippen LogP contribution in [0.2, 0.25) is 0 Å². The maximum absolute atomic E-state index is 11.9. The Morgan fingerprint density at radius 1 is 0.759 bits per heavy atom. The summed E-state index contributed by atoms with van der Waals surface area (Å²) in [5.41, 5.74) is 0.504. The van der Waals surface area contributed by atoms with Gasteiger partial charge in [-0.05, 0) is 44.2 Å². The lowest BCUT2D eigenvalue weighted by Crippen LogP contribution is -2.02. The lowest BCUT2D eigenvalue weighted by atomic mass is 10.0. The van der Waals surface area contributed by atoms with Crippen molar-refractivity contribution in [2.75, 3.05) is 0 Å². The van der Waals surface area contributed by atoms with Gasteiger partial charge in [0.15, 0.2) is 5.78 Å². The highest BCUT2D eigenvalue weighted by atomic mass is 16.1. The van der Waals surface area contributed by atoms with Crippen molar-refractivity contribution in [3.05, 3.63) is 36.2 Å². The first kappa shape index (κ1) is 25.5. The van der Waals surface area contributed by atoms with E-state index in [1.54, 1.807) is 18.3 Å². The van der Waals surface area contributed by atoms with Crippen LogP contribution in [-0.4, -0.2) is 16.0 Å². The summed E-state index contributed by atoms with van der Waals surface area (Å²) in [5.74, 6) is 0.124. The van der Waals surface area contributed by atoms with Crippen LogP contribution in [0, 0.1) is 0 Å². The highest BCUT2D eigenvalue weighted by Crippen LogP contribution is 2.13. The van der Waals surface area contributed by atoms with E-state index in [2.05, 4.69) is 29.3 Å². The van der Waals surface area contributed by atoms with Gasteiger partial charge < -0.3 is 0 Å². The van der Waals surface area contributed by atoms with Gasteiger partial charge in [0.25, 0.3) is 0 Å². The zero-order valence-electron chi connectivity index (χ0n) is 18.9. The lowest BCUT2D eigenvalue weighted by molar-refractivity contribution is 0.0973. The third kappa shape index (κ3) is 16.0. The minimum absolute atomic E-state index is 0.124. The van der Waals surface area contributed by atoms with Crippen molar-refractivity contribution in [1.29, 1.82) is 0 Å². The first-order valence-electron chi connectivity index (χ1n) is 12.3. The Hall–Kier alpha value is -1.51. The molecule has 0 aliphatic heterocycles. The summed E-state index contributed by atoms with van der Waals surface area (Å²) in [5, 5.41) is 7.64. The van der Waals surface area contributed by atoms with Gasteiger partial charge in [-0.2, -0.15) is 5.10 Å². The fourth-order valence-corrected chi connectivity index (χ4v) is 3.64. The number of hydrogen-bond donors (Lipinski definition) is 0. The first-order chi connectivity index (χ1) is 14.3. The van der Waals surface area contributed by atoms with E-state index >= 15 is 0 Å². The Kier molecular flexibility index (Phi) is 17.4. The number of nitrogens with zero attached hydrogens (tertiary/aromatic N) is 2. The predicted molar refractivity (Wildman–Crippen MR) is 124 cm³/mol. The van der Waals surface area contributed by atoms with Crippen molar-refractivity contribution >= 4 is 5.78 Å². The monoisotopic (exact) mass is 400 g/mol. The van der Waals surface area contributed by atoms with Crippen molar-refractivity contribution in [1.82, 2.24) is 10.2 Å². The highest BCUT2D eigenvalue weighted by molar-refractivity contribution is 5.93. The van der Waals surface area contributed by atoms with E-state index in [-0.39, 0.29) is 5.78 Å². The molecule has 0 bridgehead atoms. The van der Waals surface area contributed by atoms with Crippen LogP contribution in [-0.2, 0) is 0 Å². The van der Waals surface area contributed by atoms with E-state index in [9.17, 15) is 4.79 Å². The van der Waals surface area contributed by atoms with Gasteiger partial charge in [0, 0.05) is 12.6 Å². The molecule has 0 atom stereocenters. The average Bonchev–Trinajstić information content (AvgIpc) is 2.75. The smallest absolute Gasteiger partial charge is 0.183 e. The molecule has 1 heterocycles. The van der Waals surface area contributed by atoms with Crippen LogP contribution in [0.3, 0.4) is 0 Å². The number of Topliss-reactive ketones (excluding diaryl/α,β-unsaturated/α-hetero) is 1. The molecule has 0 N–H and O–H groups in total. The van der Waals surface area contributed by atoms with Gasteiger partial charge in [-0.15, -0.1) is 5.10 Å². The van der Waals surface area contributed by atoms with Gasteiger partial charge >= 0.3 is 0 Å². The molecule has 1 aromatic heterocycles. The Balaban J connectivity index is 1.77. The van der Waals surface area contributed by atoms with Crippen molar-refractivity contribution in [3.63, 3.8) is 0 Å². The van der Waals surface area contributed by atoms with Gasteiger partial charge in [0.2, 0.25) is 0 Å². The van der Waals surface area contributed by atoms with Crippen molar-refractivity contribution in [2.45, 2.75) is 122 Å². The zero-order valence-corrected chi connectivity index (χ0v) is 18.9. The van der Waals surface area contributed by atoms with Crippen LogP contribution < -0.4 is 0 Å². The minimum atomic E-state index is 0.124. The van der Waals surface area contributed by atoms with Gasteiger partial charge in [-0.1, -0.05) is 96.1 Å². The van der Waals surface area contributed by atoms with E-state index in [1.165, 1.54) is 96.3 Å². The highest BCUT2D eigenvalue weighted by Gasteiger charge is 2.06. The molecule has 29 heavy (non-hydrogen) atoms. The molecule has 0 radical (unpaired) electrons. The maximum Gasteiger partial charge on any atom is 0.183 e. The van der Waals surface area contributed by atoms with Crippen LogP contribution in [0.1, 0.15) is 133 Å². The molecule has 1 aromatic rings. The zero-order chi connectivity index (χ0) is 20.8. The van der Waals surface area contributed by atoms with E-state index in [0.717, 1.165) is 12.8 Å². The summed E-state index contributed by atoms with van der Waals surface area (Å²) in [6, 6.07) is 3.52. The summed E-state index contributed by atoms with van der Waals surface area (Å²) in [6.45, 7) is 2.28. The molecule has 0 amide bonds. The van der Waals surface area contributed by atoms with Crippen LogP contribution in [0.15, 0.2) is 30.5 Å². The average molecular weight is 401 g/mol. The Morgan fingerprint density at radius 3 is 1.79 bits per heavy atom. The number of rotatable bonds is 20. The number of hydrogen-bond acceptors (Lipinski definition) is 3. The molecule has 0 aliphatic rings. The van der Waals surface area contributed by atoms with Gasteiger partial charge in [0.1, 0.15) is 5.69 Å². The van der Waals surface area contributed by atoms with Crippen molar-refractivity contribution in [2.24, 2.45) is 0 Å². The predicted octanol–water partition coefficient (Wildman–Crippen LogP) is 8.26. The largest absolute Gasteiger partial charge is 0.292 e. The van der Waals surface area contributed by atoms with Gasteiger partial charge in [-0.25, -0.2) is 0 Å². The molecule has 1 rings (SSSR count). The summed E-state index contributed by atoms with van der Waals surface area (Å²) >= 11 is 0. The molecule has 0 aliphatic carbocycles. The number of carbonyl (C=O) groups is 1. The van der Waals surface area contributed by atoms with E-state index in [0.29, 0.717) is 12.1 Å². The molecule has 0 spiro atoms. The number of unbranched alkanes of at least 4 members (excludes halogenated alkanes) is 15. The third-order valence-corrected chi connectivity index (χ3v) is 5.52. The second-order valence-corrected chi connectivity index (χ2v) is 8.28. The summed E-state index contributed by atoms with van der Waals surface area (Å²) < 4.78 is 0. The molecular formula is C26H44N2O. The Labute approximate surface area is 179 Å². The molecular weight excluding hydrogens is 356 g/mol. The van der Waals surface area contributed by atoms with Gasteiger partial charge in [-0.3, -0.25) is 4.79 Å². The number of allylic oxidation sites excluding steroid dienone is 2. The molecule has 3 nitrogen and oxygen atoms in total. The summed E-state index contributed by atoms with van der Waals surface area (Å²) in [4.78, 5) is 11.9. The first-order valence-corrected chi connectivity index (χ1v) is 12.3. The Bertz CT molecular complexity index is 513. The summed E-state index contributed by atoms with van der Waals surface area (Å²) in [7, 11) is 0. The fourth-order valence-electron chi connectivity index (χ4n) is 3.64. The van der Waals surface area contributed by atoms with Crippen molar-refractivity contribution in [3.8, 4) is 0 Å². The maximum atomic E-state index is 11.9. The second-order valence-electron chi connectivity index (χ2n) is 8.28. The van der Waals surface area contributed by atoms with E-state index in [4.69, 9.17) is 0 Å².